The maximum Gasteiger partial charge on any atom is 0.143 e. The fourth-order valence-corrected chi connectivity index (χ4v) is 8.61. The van der Waals surface area contributed by atoms with Gasteiger partial charge >= 0.3 is 0 Å². The van der Waals surface area contributed by atoms with Crippen molar-refractivity contribution >= 4 is 181 Å². The van der Waals surface area contributed by atoms with E-state index in [4.69, 9.17) is 9.47 Å². The van der Waals surface area contributed by atoms with E-state index in [1.54, 1.807) is 0 Å². The molecule has 2 nitrogen and oxygen atoms in total. The predicted molar refractivity (Wildman–Crippen MR) is 215 cm³/mol. The van der Waals surface area contributed by atoms with Crippen molar-refractivity contribution in [1.82, 2.24) is 0 Å². The van der Waals surface area contributed by atoms with Crippen LogP contribution >= 0.6 is 159 Å². The van der Waals surface area contributed by atoms with Crippen molar-refractivity contribution < 1.29 is 9.47 Å². The number of halogens is 10. The number of rotatable bonds is 12. The molecule has 2 atom stereocenters. The molecule has 0 N–H and O–H groups in total. The van der Waals surface area contributed by atoms with Gasteiger partial charge in [0.2, 0.25) is 0 Å². The highest BCUT2D eigenvalue weighted by atomic mass is 79.9. The molecule has 2 unspecified atom stereocenters. The molecular formula is C30H24Br10O2. The van der Waals surface area contributed by atoms with Crippen LogP contribution < -0.4 is 9.47 Å². The lowest BCUT2D eigenvalue weighted by atomic mass is 9.90. The number of ether oxygens (including phenoxy) is 2. The fourth-order valence-electron chi connectivity index (χ4n) is 4.54. The predicted octanol–water partition coefficient (Wildman–Crippen LogP) is 14.6. The zero-order valence-electron chi connectivity index (χ0n) is 22.0. The quantitative estimate of drug-likeness (QED) is 0.132. The molecule has 0 heterocycles. The van der Waals surface area contributed by atoms with Crippen LogP contribution in [-0.4, -0.2) is 33.5 Å². The highest BCUT2D eigenvalue weighted by molar-refractivity contribution is 9.14. The lowest BCUT2D eigenvalue weighted by molar-refractivity contribution is 0.314. The molecule has 0 spiro atoms. The Hall–Kier alpha value is 1.80. The van der Waals surface area contributed by atoms with Crippen molar-refractivity contribution in [1.29, 1.82) is 0 Å². The molecule has 12 heteroatoms. The summed E-state index contributed by atoms with van der Waals surface area (Å²) < 4.78 is 18.4. The lowest BCUT2D eigenvalue weighted by Crippen LogP contribution is -2.08. The van der Waals surface area contributed by atoms with Crippen LogP contribution in [0.15, 0.2) is 63.2 Å². The van der Waals surface area contributed by atoms with Crippen LogP contribution in [0.1, 0.15) is 36.8 Å². The topological polar surface area (TPSA) is 18.5 Å². The van der Waals surface area contributed by atoms with Gasteiger partial charge in [0, 0.05) is 54.9 Å². The van der Waals surface area contributed by atoms with Crippen LogP contribution in [0.2, 0.25) is 0 Å². The Morgan fingerprint density at radius 3 is 1.31 bits per heavy atom. The summed E-state index contributed by atoms with van der Waals surface area (Å²) in [6, 6.07) is 13.2. The molecule has 0 bridgehead atoms. The van der Waals surface area contributed by atoms with Crippen LogP contribution in [0.5, 0.6) is 11.5 Å². The molecule has 4 aromatic rings. The van der Waals surface area contributed by atoms with Gasteiger partial charge in [0.1, 0.15) is 11.5 Å². The SMILES string of the molecule is CC(c1cc(Br)c2c(OCCC(Br)CBr)c(Br)c(Br)cc2c1)c1cc(Br)c2c(OCCC(Br)CBr)c(Br)c(Br)cc2c1. The normalized spacial score (nSPS) is 13.9. The standard InChI is InChI=1S/C30H24Br10O2/c1-14(15-6-17-10-23(37)27(39)29(25(17)21(35)8-15)41-4-2-19(33)12-31)16-7-18-11-24(38)28(40)30(26(18)22(36)9-16)42-5-3-20(34)13-32/h6-11,14,19-20H,2-5,12-13H2,1H3. The van der Waals surface area contributed by atoms with E-state index in [0.717, 1.165) is 83.4 Å². The van der Waals surface area contributed by atoms with E-state index in [2.05, 4.69) is 203 Å². The third kappa shape index (κ3) is 8.63. The third-order valence-electron chi connectivity index (χ3n) is 6.81. The van der Waals surface area contributed by atoms with Gasteiger partial charge in [-0.05, 0) is 123 Å². The average Bonchev–Trinajstić information content (AvgIpc) is 2.95. The number of hydrogen-bond donors (Lipinski definition) is 0. The van der Waals surface area contributed by atoms with Crippen molar-refractivity contribution in [3.63, 3.8) is 0 Å². The number of alkyl halides is 4. The minimum atomic E-state index is 0.131. The second-order valence-corrected chi connectivity index (χ2v) is 18.6. The molecule has 4 aromatic carbocycles. The van der Waals surface area contributed by atoms with Gasteiger partial charge in [0.05, 0.1) is 22.2 Å². The van der Waals surface area contributed by atoms with Crippen molar-refractivity contribution in [3.8, 4) is 11.5 Å². The molecule has 0 radical (unpaired) electrons. The molecule has 0 saturated heterocycles. The van der Waals surface area contributed by atoms with Gasteiger partial charge in [-0.15, -0.1) is 0 Å². The highest BCUT2D eigenvalue weighted by Gasteiger charge is 2.21. The van der Waals surface area contributed by atoms with Gasteiger partial charge in [0.15, 0.2) is 0 Å². The summed E-state index contributed by atoms with van der Waals surface area (Å²) in [5, 5.41) is 6.05. The van der Waals surface area contributed by atoms with Gasteiger partial charge in [-0.2, -0.15) is 0 Å². The Bertz CT molecular complexity index is 1480. The molecular weight excluding hydrogens is 1190 g/mol. The average molecular weight is 1220 g/mol. The highest BCUT2D eigenvalue weighted by Crippen LogP contribution is 2.47. The minimum Gasteiger partial charge on any atom is -0.492 e. The smallest absolute Gasteiger partial charge is 0.143 e. The summed E-state index contributed by atoms with van der Waals surface area (Å²) in [6.07, 6.45) is 1.78. The molecule has 0 aliphatic rings. The van der Waals surface area contributed by atoms with E-state index in [1.165, 1.54) is 11.1 Å². The molecule has 0 aliphatic heterocycles. The van der Waals surface area contributed by atoms with Crippen LogP contribution in [0.3, 0.4) is 0 Å². The second kappa shape index (κ2) is 16.8. The Morgan fingerprint density at radius 1 is 0.571 bits per heavy atom. The molecule has 4 rings (SSSR count). The monoisotopic (exact) mass is 1210 g/mol. The second-order valence-electron chi connectivity index (χ2n) is 9.70. The van der Waals surface area contributed by atoms with Crippen molar-refractivity contribution in [2.45, 2.75) is 35.3 Å². The first-order valence-corrected chi connectivity index (χ1v) is 21.7. The van der Waals surface area contributed by atoms with E-state index in [1.807, 2.05) is 0 Å². The zero-order valence-corrected chi connectivity index (χ0v) is 37.9. The summed E-state index contributed by atoms with van der Waals surface area (Å²) in [6.45, 7) is 3.45. The molecule has 42 heavy (non-hydrogen) atoms. The van der Waals surface area contributed by atoms with Crippen molar-refractivity contribution in [2.24, 2.45) is 0 Å². The summed E-state index contributed by atoms with van der Waals surface area (Å²) in [5.74, 6) is 1.79. The molecule has 0 saturated carbocycles. The van der Waals surface area contributed by atoms with E-state index in [9.17, 15) is 0 Å². The summed E-state index contributed by atoms with van der Waals surface area (Å²) in [5.41, 5.74) is 2.40. The van der Waals surface area contributed by atoms with Gasteiger partial charge in [0.25, 0.3) is 0 Å². The van der Waals surface area contributed by atoms with E-state index >= 15 is 0 Å². The Kier molecular flexibility index (Phi) is 14.6. The summed E-state index contributed by atoms with van der Waals surface area (Å²) in [4.78, 5) is 0.717. The Labute approximate surface area is 330 Å². The molecule has 0 aliphatic carbocycles. The van der Waals surface area contributed by atoms with Gasteiger partial charge in [-0.3, -0.25) is 0 Å². The lowest BCUT2D eigenvalue weighted by Gasteiger charge is -2.20. The molecule has 0 fully saturated rings. The first kappa shape index (κ1) is 36.6. The van der Waals surface area contributed by atoms with Crippen molar-refractivity contribution in [2.75, 3.05) is 23.9 Å². The molecule has 0 amide bonds. The molecule has 0 aromatic heterocycles. The number of hydrogen-bond acceptors (Lipinski definition) is 2. The van der Waals surface area contributed by atoms with Crippen LogP contribution in [0.25, 0.3) is 21.5 Å². The third-order valence-corrected chi connectivity index (χ3v) is 16.8. The maximum absolute atomic E-state index is 6.32. The number of benzene rings is 4. The van der Waals surface area contributed by atoms with Crippen molar-refractivity contribution in [3.05, 3.63) is 74.4 Å². The largest absolute Gasteiger partial charge is 0.492 e. The van der Waals surface area contributed by atoms with E-state index < -0.39 is 0 Å². The van der Waals surface area contributed by atoms with E-state index in [-0.39, 0.29) is 5.92 Å². The van der Waals surface area contributed by atoms with Gasteiger partial charge in [-0.1, -0.05) is 115 Å². The minimum absolute atomic E-state index is 0.131. The van der Waals surface area contributed by atoms with Gasteiger partial charge in [-0.25, -0.2) is 0 Å². The fraction of sp³-hybridized carbons (Fsp3) is 0.333. The van der Waals surface area contributed by atoms with Gasteiger partial charge < -0.3 is 9.47 Å². The summed E-state index contributed by atoms with van der Waals surface area (Å²) >= 11 is 37.1. The first-order chi connectivity index (χ1) is 20.0. The van der Waals surface area contributed by atoms with Crippen LogP contribution in [0, 0.1) is 0 Å². The Morgan fingerprint density at radius 2 is 0.952 bits per heavy atom. The Balaban J connectivity index is 1.72. The summed E-state index contributed by atoms with van der Waals surface area (Å²) in [7, 11) is 0. The van der Waals surface area contributed by atoms with Crippen LogP contribution in [0.4, 0.5) is 0 Å². The first-order valence-electron chi connectivity index (χ1n) is 12.8. The maximum atomic E-state index is 6.32. The number of fused-ring (bicyclic) bond motifs is 2. The van der Waals surface area contributed by atoms with E-state index in [0.29, 0.717) is 22.9 Å². The zero-order chi connectivity index (χ0) is 30.7. The van der Waals surface area contributed by atoms with Crippen LogP contribution in [-0.2, 0) is 0 Å². The molecule has 226 valence electrons.